The van der Waals surface area contributed by atoms with Crippen molar-refractivity contribution in [1.82, 2.24) is 14.5 Å². The molecule has 0 bridgehead atoms. The smallest absolute Gasteiger partial charge is 0.330 e. The number of para-hydroxylation sites is 1. The highest BCUT2D eigenvalue weighted by atomic mass is 19.1. The molecule has 2 atom stereocenters. The van der Waals surface area contributed by atoms with Gasteiger partial charge >= 0.3 is 5.69 Å². The number of ether oxygens (including phenoxy) is 1. The molecule has 7 heteroatoms. The van der Waals surface area contributed by atoms with Crippen LogP contribution in [0.3, 0.4) is 0 Å². The fourth-order valence-corrected chi connectivity index (χ4v) is 3.95. The number of nitrogens with one attached hydrogen (secondary N) is 1. The Bertz CT molecular complexity index is 1070. The summed E-state index contributed by atoms with van der Waals surface area (Å²) in [5.74, 6) is -0.502. The zero-order valence-electron chi connectivity index (χ0n) is 15.4. The third kappa shape index (κ3) is 2.65. The van der Waals surface area contributed by atoms with E-state index in [4.69, 9.17) is 4.74 Å². The summed E-state index contributed by atoms with van der Waals surface area (Å²) in [4.78, 5) is 13.3. The van der Waals surface area contributed by atoms with Gasteiger partial charge < -0.3 is 10.1 Å². The van der Waals surface area contributed by atoms with Crippen molar-refractivity contribution in [2.75, 3.05) is 13.6 Å². The lowest BCUT2D eigenvalue weighted by molar-refractivity contribution is 0.191. The number of fused-ring (bicyclic) bond motifs is 2. The molecule has 0 fully saturated rings. The lowest BCUT2D eigenvalue weighted by Gasteiger charge is -2.20. The van der Waals surface area contributed by atoms with E-state index >= 15 is 0 Å². The van der Waals surface area contributed by atoms with Crippen LogP contribution in [0.15, 0.2) is 41.2 Å². The van der Waals surface area contributed by atoms with E-state index in [1.54, 1.807) is 29.8 Å². The minimum absolute atomic E-state index is 0.138. The number of rotatable bonds is 4. The minimum atomic E-state index is -0.556. The van der Waals surface area contributed by atoms with Gasteiger partial charge in [-0.15, -0.1) is 0 Å². The predicted octanol–water partition coefficient (Wildman–Crippen LogP) is 3.23. The van der Waals surface area contributed by atoms with Crippen LogP contribution < -0.4 is 15.7 Å². The lowest BCUT2D eigenvalue weighted by Crippen LogP contribution is -2.38. The van der Waals surface area contributed by atoms with Crippen molar-refractivity contribution in [1.29, 1.82) is 0 Å². The summed E-state index contributed by atoms with van der Waals surface area (Å²) in [6.07, 6.45) is -0.463. The molecule has 0 saturated carbocycles. The van der Waals surface area contributed by atoms with Gasteiger partial charge in [0.15, 0.2) is 0 Å². The molecule has 2 heterocycles. The fourth-order valence-electron chi connectivity index (χ4n) is 3.95. The Balaban J connectivity index is 2.04. The van der Waals surface area contributed by atoms with E-state index in [0.29, 0.717) is 23.4 Å². The van der Waals surface area contributed by atoms with Crippen molar-refractivity contribution in [2.45, 2.75) is 32.0 Å². The molecule has 2 aromatic carbocycles. The molecule has 4 rings (SSSR count). The fraction of sp³-hybridized carbons (Fsp3) is 0.350. The normalized spacial score (nSPS) is 18.9. The maximum Gasteiger partial charge on any atom is 0.330 e. The quantitative estimate of drug-likeness (QED) is 0.764. The van der Waals surface area contributed by atoms with Gasteiger partial charge in [-0.25, -0.2) is 13.6 Å². The maximum absolute atomic E-state index is 14.8. The van der Waals surface area contributed by atoms with E-state index in [1.807, 2.05) is 13.8 Å². The van der Waals surface area contributed by atoms with Gasteiger partial charge in [0.25, 0.3) is 0 Å². The van der Waals surface area contributed by atoms with Gasteiger partial charge in [0.1, 0.15) is 35.0 Å². The van der Waals surface area contributed by atoms with Crippen LogP contribution in [-0.2, 0) is 0 Å². The molecule has 1 aliphatic heterocycles. The Hall–Kier alpha value is -2.67. The lowest BCUT2D eigenvalue weighted by atomic mass is 10.0. The third-order valence-corrected chi connectivity index (χ3v) is 5.00. The van der Waals surface area contributed by atoms with E-state index < -0.39 is 23.8 Å². The molecule has 0 spiro atoms. The molecule has 0 aliphatic carbocycles. The van der Waals surface area contributed by atoms with Crippen molar-refractivity contribution in [3.05, 3.63) is 64.1 Å². The van der Waals surface area contributed by atoms with Crippen LogP contribution in [0.2, 0.25) is 0 Å². The number of hydrogen-bond acceptors (Lipinski definition) is 3. The summed E-state index contributed by atoms with van der Waals surface area (Å²) in [6, 6.07) is 8.24. The molecule has 1 aromatic heterocycles. The van der Waals surface area contributed by atoms with Crippen LogP contribution in [0, 0.1) is 11.6 Å². The highest BCUT2D eigenvalue weighted by Crippen LogP contribution is 2.40. The third-order valence-electron chi connectivity index (χ3n) is 5.00. The van der Waals surface area contributed by atoms with Gasteiger partial charge in [-0.1, -0.05) is 12.1 Å². The Labute approximate surface area is 155 Å². The molecule has 1 N–H and O–H groups in total. The highest BCUT2D eigenvalue weighted by Gasteiger charge is 2.38. The summed E-state index contributed by atoms with van der Waals surface area (Å²) in [7, 11) is 1.77. The average Bonchev–Trinajstić information content (AvgIpc) is 3.09. The van der Waals surface area contributed by atoms with Gasteiger partial charge in [0.05, 0.1) is 5.52 Å². The first-order chi connectivity index (χ1) is 12.9. The molecule has 5 nitrogen and oxygen atoms in total. The van der Waals surface area contributed by atoms with Crippen molar-refractivity contribution < 1.29 is 13.5 Å². The number of nitrogens with zero attached hydrogens (tertiary/aromatic N) is 2. The highest BCUT2D eigenvalue weighted by molar-refractivity contribution is 5.77. The molecular weight excluding hydrogens is 352 g/mol. The number of aromatic nitrogens is 2. The number of likely N-dealkylation sites (N-methyl/N-ethyl adjacent to an activating group) is 1. The van der Waals surface area contributed by atoms with Crippen LogP contribution in [0.1, 0.15) is 31.5 Å². The number of hydrogen-bond donors (Lipinski definition) is 1. The number of imidazole rings is 1. The predicted molar refractivity (Wildman–Crippen MR) is 99.4 cm³/mol. The van der Waals surface area contributed by atoms with E-state index in [-0.39, 0.29) is 17.2 Å². The number of halogens is 2. The summed E-state index contributed by atoms with van der Waals surface area (Å²) in [5.41, 5.74) is 1.14. The van der Waals surface area contributed by atoms with Gasteiger partial charge in [0, 0.05) is 24.2 Å². The standard InChI is InChI=1S/C20H21F2N3O2/c1-11(2)24-15-6-4-5-14(22)19(15)25(20(24)26)18-13-8-7-12(21)9-16(13)27-17(18)10-23-3/h4-9,11,17-18,23H,10H2,1-3H3/t17-,18-/m1/s1. The van der Waals surface area contributed by atoms with Crippen molar-refractivity contribution in [3.63, 3.8) is 0 Å². The molecule has 1 aliphatic rings. The van der Waals surface area contributed by atoms with Crippen molar-refractivity contribution >= 4 is 11.0 Å². The SMILES string of the molecule is CNC[C@H]1Oc2cc(F)ccc2[C@H]1n1c(=O)n(C(C)C)c2cccc(F)c21. The molecule has 142 valence electrons. The zero-order valence-corrected chi connectivity index (χ0v) is 15.4. The van der Waals surface area contributed by atoms with Crippen LogP contribution in [0.4, 0.5) is 8.78 Å². The molecule has 0 unspecified atom stereocenters. The molecular formula is C20H21F2N3O2. The van der Waals surface area contributed by atoms with Gasteiger partial charge in [-0.3, -0.25) is 9.13 Å². The Morgan fingerprint density at radius 2 is 2.00 bits per heavy atom. The van der Waals surface area contributed by atoms with Gasteiger partial charge in [0.2, 0.25) is 0 Å². The average molecular weight is 373 g/mol. The second-order valence-electron chi connectivity index (χ2n) is 7.06. The maximum atomic E-state index is 14.8. The molecule has 27 heavy (non-hydrogen) atoms. The summed E-state index contributed by atoms with van der Waals surface area (Å²) >= 11 is 0. The topological polar surface area (TPSA) is 48.2 Å². The first-order valence-corrected chi connectivity index (χ1v) is 8.95. The van der Waals surface area contributed by atoms with Crippen LogP contribution >= 0.6 is 0 Å². The van der Waals surface area contributed by atoms with Gasteiger partial charge in [-0.2, -0.15) is 0 Å². The minimum Gasteiger partial charge on any atom is -0.486 e. The Kier molecular flexibility index (Phi) is 4.26. The monoisotopic (exact) mass is 373 g/mol. The first kappa shape index (κ1) is 17.7. The van der Waals surface area contributed by atoms with E-state index in [2.05, 4.69) is 5.32 Å². The largest absolute Gasteiger partial charge is 0.486 e. The van der Waals surface area contributed by atoms with E-state index in [0.717, 1.165) is 0 Å². The van der Waals surface area contributed by atoms with E-state index in [9.17, 15) is 13.6 Å². The number of benzene rings is 2. The Morgan fingerprint density at radius 1 is 1.22 bits per heavy atom. The zero-order chi connectivity index (χ0) is 19.3. The summed E-state index contributed by atoms with van der Waals surface area (Å²) < 4.78 is 37.5. The van der Waals surface area contributed by atoms with Crippen molar-refractivity contribution in [3.8, 4) is 5.75 Å². The summed E-state index contributed by atoms with van der Waals surface area (Å²) in [5, 5.41) is 3.04. The molecule has 0 radical (unpaired) electrons. The van der Waals surface area contributed by atoms with Crippen molar-refractivity contribution in [2.24, 2.45) is 0 Å². The van der Waals surface area contributed by atoms with E-state index in [1.165, 1.54) is 22.8 Å². The second kappa shape index (κ2) is 6.49. The Morgan fingerprint density at radius 3 is 2.70 bits per heavy atom. The first-order valence-electron chi connectivity index (χ1n) is 8.95. The molecule has 0 saturated heterocycles. The second-order valence-corrected chi connectivity index (χ2v) is 7.06. The summed E-state index contributed by atoms with van der Waals surface area (Å²) in [6.45, 7) is 4.20. The van der Waals surface area contributed by atoms with Crippen LogP contribution in [0.25, 0.3) is 11.0 Å². The molecule has 0 amide bonds. The van der Waals surface area contributed by atoms with Crippen LogP contribution in [-0.4, -0.2) is 28.8 Å². The van der Waals surface area contributed by atoms with Crippen LogP contribution in [0.5, 0.6) is 5.75 Å². The molecule has 3 aromatic rings. The van der Waals surface area contributed by atoms with Gasteiger partial charge in [-0.05, 0) is 39.1 Å².